The van der Waals surface area contributed by atoms with Crippen LogP contribution in [0.5, 0.6) is 0 Å². The maximum atomic E-state index is 11.2. The van der Waals surface area contributed by atoms with Gasteiger partial charge < -0.3 is 69.5 Å². The number of hydrogen-bond donors (Lipinski definition) is 0. The van der Waals surface area contributed by atoms with E-state index >= 15 is 0 Å². The molecule has 476 valence electrons. The van der Waals surface area contributed by atoms with Crippen molar-refractivity contribution in [3.63, 3.8) is 0 Å². The van der Waals surface area contributed by atoms with Crippen LogP contribution >= 0.6 is 13.5 Å². The van der Waals surface area contributed by atoms with Gasteiger partial charge in [0.05, 0.1) is 26.4 Å². The second kappa shape index (κ2) is 96.5. The normalized spacial score (nSPS) is 10.4. The minimum absolute atomic E-state index is 0. The minimum Gasteiger partial charge on any atom is -0.789 e. The smallest absolute Gasteiger partial charge is 0.789 e. The molecule has 0 bridgehead atoms. The van der Waals surface area contributed by atoms with Crippen LogP contribution in [0.25, 0.3) is 0 Å². The molecule has 15 heteroatoms. The van der Waals surface area contributed by atoms with Crippen LogP contribution < -0.4 is 0 Å². The van der Waals surface area contributed by atoms with Gasteiger partial charge in [0.15, 0.2) is 0 Å². The summed E-state index contributed by atoms with van der Waals surface area (Å²) in [6, 6.07) is 0. The van der Waals surface area contributed by atoms with Gasteiger partial charge in [-0.15, -0.1) is 23.0 Å². The van der Waals surface area contributed by atoms with Gasteiger partial charge in [-0.2, -0.15) is 13.5 Å². The van der Waals surface area contributed by atoms with Gasteiger partial charge in [0, 0.05) is 25.7 Å². The first-order valence-corrected chi connectivity index (χ1v) is 33.1. The molecule has 0 aromatic rings. The molecule has 0 aliphatic heterocycles. The summed E-state index contributed by atoms with van der Waals surface area (Å²) in [5.74, 6) is 1.60. The van der Waals surface area contributed by atoms with E-state index in [1.807, 2.05) is 0 Å². The van der Waals surface area contributed by atoms with E-state index in [0.29, 0.717) is 75.1 Å². The summed E-state index contributed by atoms with van der Waals surface area (Å²) in [7, 11) is 0. The zero-order valence-corrected chi connectivity index (χ0v) is 60.9. The van der Waals surface area contributed by atoms with Crippen molar-refractivity contribution < 1.29 is 38.1 Å². The van der Waals surface area contributed by atoms with E-state index in [1.54, 1.807) is 0 Å². The number of carbonyl (C=O) groups is 4. The van der Waals surface area contributed by atoms with Crippen molar-refractivity contribution in [2.75, 3.05) is 49.4 Å². The predicted octanol–water partition coefficient (Wildman–Crippen LogP) is 18.8. The van der Waals surface area contributed by atoms with Crippen molar-refractivity contribution >= 4 is 136 Å². The molecule has 0 amide bonds. The zero-order chi connectivity index (χ0) is 56.7. The summed E-state index contributed by atoms with van der Waals surface area (Å²) in [5.41, 5.74) is 0. The third-order valence-electron chi connectivity index (χ3n) is 12.0. The topological polar surface area (TPSA) is 105 Å². The number of rotatable bonds is 52. The molecule has 0 spiro atoms. The summed E-state index contributed by atoms with van der Waals surface area (Å²) in [6.07, 6.45) is 64.0. The van der Waals surface area contributed by atoms with Gasteiger partial charge in [-0.05, 0) is 128 Å². The number of esters is 4. The summed E-state index contributed by atoms with van der Waals surface area (Å²) >= 11 is 18.9. The van der Waals surface area contributed by atoms with Crippen LogP contribution in [0, 0.1) is 0 Å². The first-order chi connectivity index (χ1) is 37.2. The van der Waals surface area contributed by atoms with Gasteiger partial charge >= 0.3 is 71.7 Å². The monoisotopic (exact) mass is 1450 g/mol. The number of carbonyl (C=O) groups excluding carboxylic acids is 4. The molecule has 0 atom stereocenters. The first kappa shape index (κ1) is 100. The average molecular weight is 1450 g/mol. The Labute approximate surface area is 566 Å². The molecule has 0 aromatic carbocycles. The van der Waals surface area contributed by atoms with E-state index in [2.05, 4.69) is 76.3 Å². The zero-order valence-electron chi connectivity index (χ0n) is 51.0. The van der Waals surface area contributed by atoms with Gasteiger partial charge in [0.25, 0.3) is 0 Å². The molecular formula is C66H126O8S5Sn2. The van der Waals surface area contributed by atoms with Crippen molar-refractivity contribution in [1.82, 2.24) is 0 Å². The summed E-state index contributed by atoms with van der Waals surface area (Å²) in [4.78, 5) is 44.7. The van der Waals surface area contributed by atoms with Crippen molar-refractivity contribution in [3.05, 3.63) is 48.6 Å². The minimum atomic E-state index is -0.0966. The summed E-state index contributed by atoms with van der Waals surface area (Å²) < 4.78 is 19.7. The molecule has 81 heavy (non-hydrogen) atoms. The van der Waals surface area contributed by atoms with Gasteiger partial charge in [0.2, 0.25) is 0 Å². The number of allylic oxidation sites excluding steroid dienone is 8. The Kier molecular flexibility index (Phi) is 119. The quantitative estimate of drug-likeness (QED) is 0.0145. The summed E-state index contributed by atoms with van der Waals surface area (Å²) in [5, 5.41) is 0. The molecule has 0 saturated heterocycles. The van der Waals surface area contributed by atoms with E-state index in [-0.39, 0.29) is 100 Å². The predicted molar refractivity (Wildman–Crippen MR) is 372 cm³/mol. The molecule has 0 aromatic heterocycles. The fourth-order valence-electron chi connectivity index (χ4n) is 7.44. The Morgan fingerprint density at radius 3 is 0.568 bits per heavy atom. The molecule has 0 fully saturated rings. The third kappa shape index (κ3) is 105. The molecular weight excluding hydrogens is 1320 g/mol. The standard InChI is InChI=1S/4C16H30O2S.2CH4.H2S.2Sn/c4*1-2-3-4-5-6-7-8-9-10-11-12-13-16(17)18-14-15-19;;;;;/h4*6-7,19H,2-5,8-15H2,1H3;2*1H4;1H2;;/q;;;;;;;2*+2/p-4/b4*7-6+;;;;;. The van der Waals surface area contributed by atoms with Gasteiger partial charge in [0.1, 0.15) is 0 Å². The van der Waals surface area contributed by atoms with E-state index in [9.17, 15) is 19.2 Å². The maximum Gasteiger partial charge on any atom is 2.00 e. The fourth-order valence-corrected chi connectivity index (χ4v) is 7.78. The molecule has 0 aliphatic rings. The van der Waals surface area contributed by atoms with Crippen LogP contribution in [0.3, 0.4) is 0 Å². The van der Waals surface area contributed by atoms with E-state index < -0.39 is 0 Å². The maximum absolute atomic E-state index is 11.2. The Balaban J connectivity index is -0.000000119. The molecule has 0 rings (SSSR count). The molecule has 0 aliphatic carbocycles. The Bertz CT molecular complexity index is 1120. The van der Waals surface area contributed by atoms with Crippen LogP contribution in [0.15, 0.2) is 48.6 Å². The number of unbranched alkanes of at least 4 members (excludes halogenated alkanes) is 28. The molecule has 4 radical (unpaired) electrons. The Hall–Kier alpha value is 0.187. The van der Waals surface area contributed by atoms with Gasteiger partial charge in [-0.3, -0.25) is 19.2 Å². The number of ether oxygens (including phenoxy) is 4. The SMILES string of the molecule is C.C.CCCCC/C=C/CCCCCCC(=O)OCC[S-].CCCCC/C=C/CCCCCCC(=O)OCC[S-].CCCCC/C=C/CCCCCCC(=O)OCC[S-].CCCCC/C=C/CCCCCCC(=O)OCC[S-].S.[Sn+2].[Sn+2]. The van der Waals surface area contributed by atoms with Crippen molar-refractivity contribution in [1.29, 1.82) is 0 Å². The fraction of sp³-hybridized carbons (Fsp3) is 0.818. The second-order valence-electron chi connectivity index (χ2n) is 19.4. The van der Waals surface area contributed by atoms with Crippen molar-refractivity contribution in [2.45, 2.75) is 299 Å². The van der Waals surface area contributed by atoms with Crippen LogP contribution in [0.1, 0.15) is 299 Å². The largest absolute Gasteiger partial charge is 2.00 e. The van der Waals surface area contributed by atoms with Crippen LogP contribution in [-0.4, -0.2) is 121 Å². The molecule has 0 heterocycles. The molecule has 0 saturated carbocycles. The third-order valence-corrected chi connectivity index (χ3v) is 12.6. The van der Waals surface area contributed by atoms with Crippen molar-refractivity contribution in [3.8, 4) is 0 Å². The molecule has 0 N–H and O–H groups in total. The van der Waals surface area contributed by atoms with Gasteiger partial charge in [-0.25, -0.2) is 0 Å². The van der Waals surface area contributed by atoms with E-state index in [4.69, 9.17) is 69.5 Å². The van der Waals surface area contributed by atoms with E-state index in [1.165, 1.54) is 180 Å². The van der Waals surface area contributed by atoms with Crippen molar-refractivity contribution in [2.24, 2.45) is 0 Å². The first-order valence-electron chi connectivity index (χ1n) is 30.8. The average Bonchev–Trinajstić information content (AvgIpc) is 3.42. The second-order valence-corrected chi connectivity index (χ2v) is 21.0. The number of hydrogen-bond acceptors (Lipinski definition) is 12. The molecule has 0 unspecified atom stereocenters. The molecule has 8 nitrogen and oxygen atoms in total. The van der Waals surface area contributed by atoms with Crippen LogP contribution in [0.4, 0.5) is 0 Å². The van der Waals surface area contributed by atoms with E-state index in [0.717, 1.165) is 51.4 Å². The van der Waals surface area contributed by atoms with Crippen LogP contribution in [0.2, 0.25) is 0 Å². The Morgan fingerprint density at radius 2 is 0.420 bits per heavy atom. The van der Waals surface area contributed by atoms with Gasteiger partial charge in [-0.1, -0.05) is 194 Å². The Morgan fingerprint density at radius 1 is 0.272 bits per heavy atom. The van der Waals surface area contributed by atoms with Crippen LogP contribution in [-0.2, 0) is 88.6 Å². The summed E-state index contributed by atoms with van der Waals surface area (Å²) in [6.45, 7) is 10.5.